The lowest BCUT2D eigenvalue weighted by atomic mass is 10.1. The second kappa shape index (κ2) is 10.1. The molecule has 148 valence electrons. The highest BCUT2D eigenvalue weighted by atomic mass is 79.9. The van der Waals surface area contributed by atoms with Crippen LogP contribution in [-0.2, 0) is 6.54 Å². The van der Waals surface area contributed by atoms with Gasteiger partial charge in [0.1, 0.15) is 5.75 Å². The van der Waals surface area contributed by atoms with Crippen LogP contribution in [0.25, 0.3) is 10.9 Å². The van der Waals surface area contributed by atoms with Crippen molar-refractivity contribution in [1.29, 1.82) is 0 Å². The van der Waals surface area contributed by atoms with Crippen molar-refractivity contribution in [2.75, 3.05) is 25.0 Å². The first-order chi connectivity index (χ1) is 13.6. The molecule has 2 aromatic carbocycles. The summed E-state index contributed by atoms with van der Waals surface area (Å²) < 4.78 is 0.989. The van der Waals surface area contributed by atoms with Crippen LogP contribution < -0.4 is 5.32 Å². The second-order valence-corrected chi connectivity index (χ2v) is 8.20. The zero-order chi connectivity index (χ0) is 19.9. The first kappa shape index (κ1) is 20.9. The van der Waals surface area contributed by atoms with Crippen LogP contribution in [0, 0.1) is 0 Å². The number of hydrogen-bond acceptors (Lipinski definition) is 4. The Hall–Kier alpha value is -1.82. The highest BCUT2D eigenvalue weighted by Gasteiger charge is 2.09. The molecule has 2 N–H and O–H groups in total. The Bertz CT molecular complexity index is 935. The lowest BCUT2D eigenvalue weighted by Crippen LogP contribution is -2.26. The summed E-state index contributed by atoms with van der Waals surface area (Å²) in [6, 6.07) is 13.4. The van der Waals surface area contributed by atoms with Crippen molar-refractivity contribution < 1.29 is 5.11 Å². The number of pyridine rings is 1. The summed E-state index contributed by atoms with van der Waals surface area (Å²) in [6.45, 7) is 5.76. The van der Waals surface area contributed by atoms with Crippen LogP contribution in [0.2, 0.25) is 5.02 Å². The number of fused-ring (bicyclic) bond motifs is 1. The van der Waals surface area contributed by atoms with Crippen molar-refractivity contribution in [3.05, 3.63) is 63.7 Å². The lowest BCUT2D eigenvalue weighted by molar-refractivity contribution is 0.261. The Morgan fingerprint density at radius 1 is 1.14 bits per heavy atom. The molecule has 0 unspecified atom stereocenters. The van der Waals surface area contributed by atoms with Crippen molar-refractivity contribution in [2.24, 2.45) is 0 Å². The van der Waals surface area contributed by atoms with Gasteiger partial charge < -0.3 is 10.4 Å². The summed E-state index contributed by atoms with van der Waals surface area (Å²) in [7, 11) is 0. The van der Waals surface area contributed by atoms with Crippen LogP contribution in [0.1, 0.15) is 25.3 Å². The predicted molar refractivity (Wildman–Crippen MR) is 121 cm³/mol. The summed E-state index contributed by atoms with van der Waals surface area (Å²) in [5.41, 5.74) is 2.93. The summed E-state index contributed by atoms with van der Waals surface area (Å²) >= 11 is 9.55. The van der Waals surface area contributed by atoms with Crippen molar-refractivity contribution in [3.63, 3.8) is 0 Å². The van der Waals surface area contributed by atoms with Gasteiger partial charge in [0.05, 0.1) is 5.52 Å². The van der Waals surface area contributed by atoms with E-state index in [-0.39, 0.29) is 0 Å². The number of nitrogens with zero attached hydrogens (tertiary/aromatic N) is 2. The van der Waals surface area contributed by atoms with Crippen LogP contribution in [0.3, 0.4) is 0 Å². The van der Waals surface area contributed by atoms with Gasteiger partial charge in [-0.15, -0.1) is 0 Å². The first-order valence-corrected chi connectivity index (χ1v) is 10.7. The Morgan fingerprint density at radius 2 is 2.00 bits per heavy atom. The van der Waals surface area contributed by atoms with Gasteiger partial charge in [-0.1, -0.05) is 34.5 Å². The number of phenolic OH excluding ortho intramolecular Hbond substituents is 1. The number of nitrogens with one attached hydrogen (secondary N) is 1. The number of halogens is 2. The van der Waals surface area contributed by atoms with Gasteiger partial charge in [-0.05, 0) is 61.9 Å². The molecule has 0 aliphatic carbocycles. The van der Waals surface area contributed by atoms with E-state index in [0.29, 0.717) is 10.8 Å². The molecule has 28 heavy (non-hydrogen) atoms. The van der Waals surface area contributed by atoms with Crippen LogP contribution in [-0.4, -0.2) is 34.6 Å². The van der Waals surface area contributed by atoms with E-state index < -0.39 is 0 Å². The average molecular weight is 463 g/mol. The highest BCUT2D eigenvalue weighted by Crippen LogP contribution is 2.25. The van der Waals surface area contributed by atoms with Gasteiger partial charge in [0.15, 0.2) is 0 Å². The molecule has 3 aromatic rings. The highest BCUT2D eigenvalue weighted by molar-refractivity contribution is 9.10. The number of aromatic hydroxyl groups is 1. The SMILES string of the molecule is CCCN(CCCNc1ccnc2cc(Cl)ccc12)Cc1cc(Br)ccc1O. The van der Waals surface area contributed by atoms with E-state index in [1.54, 1.807) is 12.3 Å². The summed E-state index contributed by atoms with van der Waals surface area (Å²) in [5.74, 6) is 0.351. The van der Waals surface area contributed by atoms with Crippen LogP contribution in [0.4, 0.5) is 5.69 Å². The van der Waals surface area contributed by atoms with Gasteiger partial charge in [0, 0.05) is 52.0 Å². The second-order valence-electron chi connectivity index (χ2n) is 6.85. The number of benzene rings is 2. The van der Waals surface area contributed by atoms with Gasteiger partial charge >= 0.3 is 0 Å². The molecule has 1 heterocycles. The van der Waals surface area contributed by atoms with E-state index in [1.807, 2.05) is 36.4 Å². The fraction of sp³-hybridized carbons (Fsp3) is 0.318. The maximum Gasteiger partial charge on any atom is 0.120 e. The van der Waals surface area contributed by atoms with Crippen molar-refractivity contribution in [2.45, 2.75) is 26.3 Å². The molecule has 0 saturated heterocycles. The predicted octanol–water partition coefficient (Wildman–Crippen LogP) is 6.07. The zero-order valence-electron chi connectivity index (χ0n) is 16.0. The molecule has 0 saturated carbocycles. The summed E-state index contributed by atoms with van der Waals surface area (Å²) in [6.07, 6.45) is 3.89. The standard InChI is InChI=1S/C22H25BrClN3O/c1-2-11-27(15-16-13-17(23)4-7-22(16)28)12-3-9-25-20-8-10-26-21-14-18(24)5-6-19(20)21/h4-8,10,13-14,28H,2-3,9,11-12,15H2,1H3,(H,25,26). The minimum Gasteiger partial charge on any atom is -0.508 e. The van der Waals surface area contributed by atoms with Gasteiger partial charge in [0.2, 0.25) is 0 Å². The van der Waals surface area contributed by atoms with E-state index in [1.165, 1.54) is 0 Å². The van der Waals surface area contributed by atoms with Gasteiger partial charge in [0.25, 0.3) is 0 Å². The summed E-state index contributed by atoms with van der Waals surface area (Å²) in [5, 5.41) is 15.4. The Balaban J connectivity index is 1.57. The quantitative estimate of drug-likeness (QED) is 0.379. The molecule has 6 heteroatoms. The largest absolute Gasteiger partial charge is 0.508 e. The van der Waals surface area contributed by atoms with Crippen LogP contribution in [0.5, 0.6) is 5.75 Å². The monoisotopic (exact) mass is 461 g/mol. The molecular weight excluding hydrogens is 438 g/mol. The Labute approximate surface area is 179 Å². The molecule has 1 aromatic heterocycles. The topological polar surface area (TPSA) is 48.4 Å². The lowest BCUT2D eigenvalue weighted by Gasteiger charge is -2.22. The molecule has 0 radical (unpaired) electrons. The number of rotatable bonds is 9. The summed E-state index contributed by atoms with van der Waals surface area (Å²) in [4.78, 5) is 6.77. The van der Waals surface area contributed by atoms with Crippen molar-refractivity contribution in [1.82, 2.24) is 9.88 Å². The molecule has 3 rings (SSSR count). The molecule has 0 bridgehead atoms. The third-order valence-corrected chi connectivity index (χ3v) is 5.38. The van der Waals surface area contributed by atoms with Crippen LogP contribution >= 0.6 is 27.5 Å². The third-order valence-electron chi connectivity index (χ3n) is 4.65. The van der Waals surface area contributed by atoms with E-state index in [4.69, 9.17) is 11.6 Å². The normalized spacial score (nSPS) is 11.3. The first-order valence-electron chi connectivity index (χ1n) is 9.54. The Kier molecular flexibility index (Phi) is 7.54. The minimum absolute atomic E-state index is 0.351. The van der Waals surface area contributed by atoms with Gasteiger partial charge in [-0.25, -0.2) is 0 Å². The van der Waals surface area contributed by atoms with Crippen molar-refractivity contribution >= 4 is 44.1 Å². The fourth-order valence-electron chi connectivity index (χ4n) is 3.31. The van der Waals surface area contributed by atoms with E-state index >= 15 is 0 Å². The van der Waals surface area contributed by atoms with E-state index in [2.05, 4.69) is 38.1 Å². The maximum absolute atomic E-state index is 10.1. The maximum atomic E-state index is 10.1. The zero-order valence-corrected chi connectivity index (χ0v) is 18.3. The molecule has 0 spiro atoms. The Morgan fingerprint density at radius 3 is 2.82 bits per heavy atom. The molecule has 0 aliphatic heterocycles. The van der Waals surface area contributed by atoms with Gasteiger partial charge in [-0.3, -0.25) is 9.88 Å². The average Bonchev–Trinajstić information content (AvgIpc) is 2.68. The van der Waals surface area contributed by atoms with E-state index in [0.717, 1.165) is 65.6 Å². The number of anilines is 1. The number of aromatic nitrogens is 1. The fourth-order valence-corrected chi connectivity index (χ4v) is 3.88. The third kappa shape index (κ3) is 5.60. The molecule has 0 amide bonds. The number of hydrogen-bond donors (Lipinski definition) is 2. The minimum atomic E-state index is 0.351. The smallest absolute Gasteiger partial charge is 0.120 e. The van der Waals surface area contributed by atoms with Crippen molar-refractivity contribution in [3.8, 4) is 5.75 Å². The number of phenols is 1. The van der Waals surface area contributed by atoms with Crippen LogP contribution in [0.15, 0.2) is 53.1 Å². The van der Waals surface area contributed by atoms with Gasteiger partial charge in [-0.2, -0.15) is 0 Å². The van der Waals surface area contributed by atoms with E-state index in [9.17, 15) is 5.11 Å². The molecule has 0 atom stereocenters. The molecule has 0 aliphatic rings. The molecule has 0 fully saturated rings. The molecule has 4 nitrogen and oxygen atoms in total. The molecular formula is C22H25BrClN3O.